The largest absolute Gasteiger partial charge is 0.359 e. The van der Waals surface area contributed by atoms with Crippen LogP contribution in [0.1, 0.15) is 136 Å². The van der Waals surface area contributed by atoms with Crippen molar-refractivity contribution < 1.29 is 0 Å². The van der Waals surface area contributed by atoms with Crippen LogP contribution in [0.15, 0.2) is 12.4 Å². The molecule has 0 saturated heterocycles. The van der Waals surface area contributed by atoms with Crippen molar-refractivity contribution in [2.75, 3.05) is 19.8 Å². The Balaban J connectivity index is 1.77. The van der Waals surface area contributed by atoms with Crippen LogP contribution in [0.3, 0.4) is 0 Å². The molecule has 1 aliphatic heterocycles. The van der Waals surface area contributed by atoms with E-state index >= 15 is 0 Å². The van der Waals surface area contributed by atoms with Gasteiger partial charge in [-0.05, 0) is 12.8 Å². The average molecular weight is 393 g/mol. The fourth-order valence-corrected chi connectivity index (χ4v) is 4.23. The average Bonchev–Trinajstić information content (AvgIpc) is 3.16. The van der Waals surface area contributed by atoms with Crippen molar-refractivity contribution in [3.05, 3.63) is 12.4 Å². The molecule has 0 fully saturated rings. The summed E-state index contributed by atoms with van der Waals surface area (Å²) in [5.74, 6) is 0. The zero-order valence-corrected chi connectivity index (χ0v) is 19.6. The molecule has 0 unspecified atom stereocenters. The first-order valence-corrected chi connectivity index (χ1v) is 13.0. The Hall–Kier alpha value is -0.660. The van der Waals surface area contributed by atoms with Gasteiger partial charge in [-0.25, -0.2) is 0 Å². The van der Waals surface area contributed by atoms with Gasteiger partial charge in [-0.1, -0.05) is 123 Å². The fraction of sp³-hybridized carbons (Fsp3) is 0.923. The highest BCUT2D eigenvalue weighted by atomic mass is 15.3. The zero-order valence-electron chi connectivity index (χ0n) is 19.6. The lowest BCUT2D eigenvalue weighted by Crippen LogP contribution is -2.26. The molecule has 1 aliphatic rings. The summed E-state index contributed by atoms with van der Waals surface area (Å²) in [6, 6.07) is 0. The summed E-state index contributed by atoms with van der Waals surface area (Å²) >= 11 is 0. The van der Waals surface area contributed by atoms with Gasteiger partial charge in [0, 0.05) is 25.5 Å². The minimum Gasteiger partial charge on any atom is -0.359 e. The van der Waals surface area contributed by atoms with Crippen molar-refractivity contribution in [2.24, 2.45) is 0 Å². The molecule has 0 bridgehead atoms. The van der Waals surface area contributed by atoms with E-state index in [9.17, 15) is 0 Å². The van der Waals surface area contributed by atoms with Gasteiger partial charge in [-0.2, -0.15) is 0 Å². The number of hydrogen-bond donors (Lipinski definition) is 0. The molecule has 28 heavy (non-hydrogen) atoms. The van der Waals surface area contributed by atoms with Gasteiger partial charge in [0.1, 0.15) is 0 Å². The molecule has 0 radical (unpaired) electrons. The molecular weight excluding hydrogens is 340 g/mol. The smallest absolute Gasteiger partial charge is 0.0893 e. The molecule has 0 N–H and O–H groups in total. The minimum atomic E-state index is 1.13. The Bertz CT molecular complexity index is 339. The minimum absolute atomic E-state index is 1.13. The molecule has 0 aromatic rings. The van der Waals surface area contributed by atoms with Crippen molar-refractivity contribution >= 4 is 0 Å². The standard InChI is InChI=1S/C26H52N2/c1-3-5-7-9-10-11-12-13-14-15-16-17-19-21-23-28-25-24-27(26-28)22-20-18-8-6-4-2/h24-25H,3-23,26H2,1-2H3. The number of unbranched alkanes of at least 4 members (excludes halogenated alkanes) is 17. The summed E-state index contributed by atoms with van der Waals surface area (Å²) in [5, 5.41) is 0. The van der Waals surface area contributed by atoms with Gasteiger partial charge >= 0.3 is 0 Å². The van der Waals surface area contributed by atoms with E-state index in [-0.39, 0.29) is 0 Å². The number of nitrogens with zero attached hydrogens (tertiary/aromatic N) is 2. The van der Waals surface area contributed by atoms with Crippen LogP contribution < -0.4 is 0 Å². The first-order valence-electron chi connectivity index (χ1n) is 13.0. The molecule has 2 nitrogen and oxygen atoms in total. The topological polar surface area (TPSA) is 6.48 Å². The summed E-state index contributed by atoms with van der Waals surface area (Å²) < 4.78 is 0. The van der Waals surface area contributed by atoms with Gasteiger partial charge in [0.05, 0.1) is 6.67 Å². The van der Waals surface area contributed by atoms with Crippen molar-refractivity contribution in [3.8, 4) is 0 Å². The van der Waals surface area contributed by atoms with Crippen molar-refractivity contribution in [3.63, 3.8) is 0 Å². The lowest BCUT2D eigenvalue weighted by Gasteiger charge is -2.21. The molecule has 0 atom stereocenters. The Morgan fingerprint density at radius 3 is 1.04 bits per heavy atom. The molecule has 1 rings (SSSR count). The maximum atomic E-state index is 2.51. The fourth-order valence-electron chi connectivity index (χ4n) is 4.23. The third-order valence-electron chi connectivity index (χ3n) is 6.20. The summed E-state index contributed by atoms with van der Waals surface area (Å²) in [4.78, 5) is 5.00. The molecule has 0 aromatic carbocycles. The lowest BCUT2D eigenvalue weighted by molar-refractivity contribution is 0.257. The molecule has 0 aromatic heterocycles. The van der Waals surface area contributed by atoms with Gasteiger partial charge in [0.25, 0.3) is 0 Å². The molecule has 0 saturated carbocycles. The zero-order chi connectivity index (χ0) is 20.1. The maximum absolute atomic E-state index is 2.51. The maximum Gasteiger partial charge on any atom is 0.0893 e. The molecule has 1 heterocycles. The Morgan fingerprint density at radius 1 is 0.429 bits per heavy atom. The molecule has 0 spiro atoms. The van der Waals surface area contributed by atoms with E-state index < -0.39 is 0 Å². The molecule has 2 heteroatoms. The first kappa shape index (κ1) is 25.4. The molecular formula is C26H52N2. The van der Waals surface area contributed by atoms with Gasteiger partial charge in [-0.3, -0.25) is 0 Å². The Labute approximate surface area is 178 Å². The SMILES string of the molecule is CCCCCCCCCCCCCCCCN1C=CN(CCCCCCC)C1. The normalized spacial score (nSPS) is 13.8. The van der Waals surface area contributed by atoms with E-state index in [0.29, 0.717) is 0 Å². The van der Waals surface area contributed by atoms with Crippen LogP contribution in [-0.2, 0) is 0 Å². The predicted octanol–water partition coefficient (Wildman–Crippen LogP) is 8.48. The van der Waals surface area contributed by atoms with Gasteiger partial charge < -0.3 is 9.80 Å². The summed E-state index contributed by atoms with van der Waals surface area (Å²) in [5.41, 5.74) is 0. The van der Waals surface area contributed by atoms with Crippen LogP contribution in [-0.4, -0.2) is 29.6 Å². The van der Waals surface area contributed by atoms with Crippen LogP contribution in [0, 0.1) is 0 Å². The van der Waals surface area contributed by atoms with E-state index in [2.05, 4.69) is 36.0 Å². The lowest BCUT2D eigenvalue weighted by atomic mass is 10.0. The highest BCUT2D eigenvalue weighted by Gasteiger charge is 2.10. The second kappa shape index (κ2) is 19.6. The summed E-state index contributed by atoms with van der Waals surface area (Å²) in [7, 11) is 0. The summed E-state index contributed by atoms with van der Waals surface area (Å²) in [6.45, 7) is 8.22. The highest BCUT2D eigenvalue weighted by molar-refractivity contribution is 4.90. The van der Waals surface area contributed by atoms with E-state index in [4.69, 9.17) is 0 Å². The van der Waals surface area contributed by atoms with E-state index in [1.807, 2.05) is 0 Å². The van der Waals surface area contributed by atoms with Crippen LogP contribution in [0.25, 0.3) is 0 Å². The third-order valence-corrected chi connectivity index (χ3v) is 6.20. The van der Waals surface area contributed by atoms with Crippen molar-refractivity contribution in [1.29, 1.82) is 0 Å². The number of hydrogen-bond acceptors (Lipinski definition) is 2. The van der Waals surface area contributed by atoms with Crippen LogP contribution in [0.2, 0.25) is 0 Å². The third kappa shape index (κ3) is 15.3. The number of rotatable bonds is 21. The van der Waals surface area contributed by atoms with Crippen LogP contribution in [0.4, 0.5) is 0 Å². The Kier molecular flexibility index (Phi) is 17.8. The molecule has 0 amide bonds. The van der Waals surface area contributed by atoms with Gasteiger partial charge in [0.15, 0.2) is 0 Å². The summed E-state index contributed by atoms with van der Waals surface area (Å²) in [6.07, 6.45) is 31.8. The van der Waals surface area contributed by atoms with Crippen LogP contribution >= 0.6 is 0 Å². The Morgan fingerprint density at radius 2 is 0.714 bits per heavy atom. The van der Waals surface area contributed by atoms with Gasteiger partial charge in [-0.15, -0.1) is 0 Å². The predicted molar refractivity (Wildman–Crippen MR) is 126 cm³/mol. The quantitative estimate of drug-likeness (QED) is 0.181. The van der Waals surface area contributed by atoms with E-state index in [1.54, 1.807) is 0 Å². The second-order valence-corrected chi connectivity index (χ2v) is 9.07. The van der Waals surface area contributed by atoms with Crippen molar-refractivity contribution in [2.45, 2.75) is 136 Å². The van der Waals surface area contributed by atoms with Crippen LogP contribution in [0.5, 0.6) is 0 Å². The molecule has 166 valence electrons. The van der Waals surface area contributed by atoms with E-state index in [0.717, 1.165) is 6.67 Å². The highest BCUT2D eigenvalue weighted by Crippen LogP contribution is 2.14. The molecule has 0 aliphatic carbocycles. The van der Waals surface area contributed by atoms with Crippen molar-refractivity contribution in [1.82, 2.24) is 9.80 Å². The first-order chi connectivity index (χ1) is 13.9. The van der Waals surface area contributed by atoms with E-state index in [1.165, 1.54) is 135 Å². The monoisotopic (exact) mass is 392 g/mol. The van der Waals surface area contributed by atoms with Gasteiger partial charge in [0.2, 0.25) is 0 Å². The second-order valence-electron chi connectivity index (χ2n) is 9.07.